The van der Waals surface area contributed by atoms with Gasteiger partial charge in [0.1, 0.15) is 0 Å². The van der Waals surface area contributed by atoms with E-state index in [0.29, 0.717) is 6.04 Å². The van der Waals surface area contributed by atoms with Crippen molar-refractivity contribution in [2.24, 2.45) is 0 Å². The Kier molecular flexibility index (Phi) is 7.99. The molecule has 25 heavy (non-hydrogen) atoms. The van der Waals surface area contributed by atoms with E-state index >= 15 is 0 Å². The van der Waals surface area contributed by atoms with Crippen LogP contribution in [0.2, 0.25) is 0 Å². The Morgan fingerprint density at radius 1 is 0.800 bits per heavy atom. The lowest BCUT2D eigenvalue weighted by molar-refractivity contribution is 0.0931. The highest BCUT2D eigenvalue weighted by Gasteiger charge is 2.16. The van der Waals surface area contributed by atoms with Crippen LogP contribution >= 0.6 is 0 Å². The molecule has 140 valence electrons. The van der Waals surface area contributed by atoms with Gasteiger partial charge in [-0.2, -0.15) is 0 Å². The zero-order valence-corrected chi connectivity index (χ0v) is 16.6. The molecule has 1 amide bonds. The monoisotopic (exact) mass is 343 g/mol. The number of nitrogens with one attached hydrogen (secondary N) is 1. The van der Waals surface area contributed by atoms with Gasteiger partial charge in [0.15, 0.2) is 0 Å². The van der Waals surface area contributed by atoms with Crippen LogP contribution in [0.4, 0.5) is 0 Å². The number of carbonyl (C=O) groups is 1. The first-order chi connectivity index (χ1) is 12.0. The summed E-state index contributed by atoms with van der Waals surface area (Å²) in [5.41, 5.74) is 2.19. The van der Waals surface area contributed by atoms with Crippen molar-refractivity contribution in [2.45, 2.75) is 103 Å². The van der Waals surface area contributed by atoms with E-state index in [1.807, 2.05) is 12.1 Å². The molecule has 0 unspecified atom stereocenters. The van der Waals surface area contributed by atoms with Gasteiger partial charge >= 0.3 is 0 Å². The molecule has 0 bridgehead atoms. The van der Waals surface area contributed by atoms with Crippen molar-refractivity contribution in [3.05, 3.63) is 35.4 Å². The minimum Gasteiger partial charge on any atom is -0.349 e. The van der Waals surface area contributed by atoms with Gasteiger partial charge in [-0.25, -0.2) is 0 Å². The number of benzene rings is 1. The molecule has 2 heteroatoms. The summed E-state index contributed by atoms with van der Waals surface area (Å²) in [6.45, 7) is 6.60. The smallest absolute Gasteiger partial charge is 0.251 e. The minimum atomic E-state index is 0.0950. The molecule has 0 radical (unpaired) electrons. The highest BCUT2D eigenvalue weighted by Crippen LogP contribution is 2.22. The fourth-order valence-corrected chi connectivity index (χ4v) is 3.70. The van der Waals surface area contributed by atoms with Gasteiger partial charge in [-0.3, -0.25) is 4.79 Å². The largest absolute Gasteiger partial charge is 0.349 e. The lowest BCUT2D eigenvalue weighted by atomic mass is 9.86. The molecule has 1 saturated carbocycles. The average Bonchev–Trinajstić information content (AvgIpc) is 2.56. The molecule has 0 atom stereocenters. The molecule has 1 aromatic carbocycles. The zero-order chi connectivity index (χ0) is 18.1. The van der Waals surface area contributed by atoms with Crippen LogP contribution in [0.15, 0.2) is 24.3 Å². The Labute approximate surface area is 154 Å². The maximum Gasteiger partial charge on any atom is 0.251 e. The summed E-state index contributed by atoms with van der Waals surface area (Å²) in [7, 11) is 0. The van der Waals surface area contributed by atoms with Crippen molar-refractivity contribution in [3.8, 4) is 0 Å². The minimum absolute atomic E-state index is 0.0950. The zero-order valence-electron chi connectivity index (χ0n) is 16.6. The van der Waals surface area contributed by atoms with Crippen LogP contribution in [-0.4, -0.2) is 11.9 Å². The van der Waals surface area contributed by atoms with E-state index in [-0.39, 0.29) is 11.3 Å². The summed E-state index contributed by atoms with van der Waals surface area (Å²) in [6.07, 6.45) is 14.3. The summed E-state index contributed by atoms with van der Waals surface area (Å²) in [6, 6.07) is 8.48. The third-order valence-corrected chi connectivity index (χ3v) is 5.45. The summed E-state index contributed by atoms with van der Waals surface area (Å²) < 4.78 is 0. The SMILES string of the molecule is CC(C)(C)c1ccc(C(=O)NC2CCCCCCCCCCC2)cc1. The predicted octanol–water partition coefficient (Wildman–Crippen LogP) is 6.39. The molecule has 1 aromatic rings. The highest BCUT2D eigenvalue weighted by molar-refractivity contribution is 5.94. The van der Waals surface area contributed by atoms with Gasteiger partial charge in [0, 0.05) is 11.6 Å². The second-order valence-electron chi connectivity index (χ2n) is 8.76. The quantitative estimate of drug-likeness (QED) is 0.662. The van der Waals surface area contributed by atoms with Crippen molar-refractivity contribution in [2.75, 3.05) is 0 Å². The Bertz CT molecular complexity index is 500. The molecule has 0 heterocycles. The topological polar surface area (TPSA) is 29.1 Å². The molecule has 2 nitrogen and oxygen atoms in total. The lowest BCUT2D eigenvalue weighted by Crippen LogP contribution is -2.35. The van der Waals surface area contributed by atoms with Crippen LogP contribution < -0.4 is 5.32 Å². The van der Waals surface area contributed by atoms with Crippen LogP contribution in [0.25, 0.3) is 0 Å². The van der Waals surface area contributed by atoms with Crippen LogP contribution in [0, 0.1) is 0 Å². The fourth-order valence-electron chi connectivity index (χ4n) is 3.70. The van der Waals surface area contributed by atoms with Crippen molar-refractivity contribution in [3.63, 3.8) is 0 Å². The number of amides is 1. The van der Waals surface area contributed by atoms with Gasteiger partial charge < -0.3 is 5.32 Å². The molecule has 1 N–H and O–H groups in total. The Balaban J connectivity index is 1.91. The van der Waals surface area contributed by atoms with E-state index in [1.165, 1.54) is 63.4 Å². The molecule has 0 spiro atoms. The van der Waals surface area contributed by atoms with Crippen LogP contribution in [0.5, 0.6) is 0 Å². The second-order valence-corrected chi connectivity index (χ2v) is 8.76. The molecule has 1 fully saturated rings. The third-order valence-electron chi connectivity index (χ3n) is 5.45. The van der Waals surface area contributed by atoms with Crippen molar-refractivity contribution >= 4 is 5.91 Å². The van der Waals surface area contributed by atoms with Crippen LogP contribution in [-0.2, 0) is 5.41 Å². The molecule has 1 aliphatic rings. The van der Waals surface area contributed by atoms with Crippen molar-refractivity contribution in [1.82, 2.24) is 5.32 Å². The van der Waals surface area contributed by atoms with E-state index in [9.17, 15) is 4.79 Å². The number of hydrogen-bond acceptors (Lipinski definition) is 1. The Morgan fingerprint density at radius 2 is 1.24 bits per heavy atom. The maximum absolute atomic E-state index is 12.6. The summed E-state index contributed by atoms with van der Waals surface area (Å²) >= 11 is 0. The van der Waals surface area contributed by atoms with Gasteiger partial charge in [-0.1, -0.05) is 90.7 Å². The van der Waals surface area contributed by atoms with Crippen LogP contribution in [0.3, 0.4) is 0 Å². The maximum atomic E-state index is 12.6. The second kappa shape index (κ2) is 9.99. The first kappa shape index (κ1) is 20.0. The summed E-state index contributed by atoms with van der Waals surface area (Å²) in [5.74, 6) is 0.0950. The molecule has 1 aliphatic carbocycles. The van der Waals surface area contributed by atoms with E-state index in [2.05, 4.69) is 38.2 Å². The highest BCUT2D eigenvalue weighted by atomic mass is 16.1. The Morgan fingerprint density at radius 3 is 1.68 bits per heavy atom. The van der Waals surface area contributed by atoms with E-state index in [4.69, 9.17) is 0 Å². The number of carbonyl (C=O) groups excluding carboxylic acids is 1. The fraction of sp³-hybridized carbons (Fsp3) is 0.696. The van der Waals surface area contributed by atoms with Gasteiger partial charge in [0.25, 0.3) is 5.91 Å². The normalized spacial score (nSPS) is 18.8. The third kappa shape index (κ3) is 7.22. The van der Waals surface area contributed by atoms with Gasteiger partial charge in [-0.05, 0) is 36.0 Å². The molecule has 0 saturated heterocycles. The predicted molar refractivity (Wildman–Crippen MR) is 107 cm³/mol. The van der Waals surface area contributed by atoms with E-state index < -0.39 is 0 Å². The van der Waals surface area contributed by atoms with Gasteiger partial charge in [0.05, 0.1) is 0 Å². The molecule has 0 aromatic heterocycles. The molecule has 0 aliphatic heterocycles. The lowest BCUT2D eigenvalue weighted by Gasteiger charge is -2.21. The van der Waals surface area contributed by atoms with Crippen molar-refractivity contribution < 1.29 is 4.79 Å². The number of rotatable bonds is 2. The average molecular weight is 344 g/mol. The first-order valence-electron chi connectivity index (χ1n) is 10.4. The van der Waals surface area contributed by atoms with E-state index in [0.717, 1.165) is 18.4 Å². The number of hydrogen-bond donors (Lipinski definition) is 1. The molecular weight excluding hydrogens is 306 g/mol. The summed E-state index contributed by atoms with van der Waals surface area (Å²) in [4.78, 5) is 12.6. The molecular formula is C23H37NO. The van der Waals surface area contributed by atoms with Crippen molar-refractivity contribution in [1.29, 1.82) is 0 Å². The van der Waals surface area contributed by atoms with Gasteiger partial charge in [0.2, 0.25) is 0 Å². The Hall–Kier alpha value is -1.31. The van der Waals surface area contributed by atoms with E-state index in [1.54, 1.807) is 0 Å². The van der Waals surface area contributed by atoms with Crippen LogP contribution in [0.1, 0.15) is 107 Å². The standard InChI is InChI=1S/C23H37NO/c1-23(2,3)20-17-15-19(16-18-20)22(25)24-21-13-11-9-7-5-4-6-8-10-12-14-21/h15-18,21H,4-14H2,1-3H3,(H,24,25). The summed E-state index contributed by atoms with van der Waals surface area (Å²) in [5, 5.41) is 3.31. The first-order valence-corrected chi connectivity index (χ1v) is 10.4. The molecule has 2 rings (SSSR count). The van der Waals surface area contributed by atoms with Gasteiger partial charge in [-0.15, -0.1) is 0 Å².